The van der Waals surface area contributed by atoms with Crippen molar-refractivity contribution in [3.8, 4) is 5.75 Å². The second kappa shape index (κ2) is 6.80. The molecule has 2 aromatic carbocycles. The summed E-state index contributed by atoms with van der Waals surface area (Å²) < 4.78 is 0. The summed E-state index contributed by atoms with van der Waals surface area (Å²) in [6, 6.07) is 16.7. The summed E-state index contributed by atoms with van der Waals surface area (Å²) in [5, 5.41) is 9.90. The Morgan fingerprint density at radius 3 is 2.38 bits per heavy atom. The van der Waals surface area contributed by atoms with Gasteiger partial charge in [0.1, 0.15) is 5.75 Å². The number of benzene rings is 2. The van der Waals surface area contributed by atoms with Gasteiger partial charge >= 0.3 is 0 Å². The zero-order valence-electron chi connectivity index (χ0n) is 14.8. The zero-order valence-corrected chi connectivity index (χ0v) is 15.6. The van der Waals surface area contributed by atoms with Crippen LogP contribution in [0.25, 0.3) is 0 Å². The summed E-state index contributed by atoms with van der Waals surface area (Å²) in [4.78, 5) is 0. The minimum atomic E-state index is 0.176. The van der Waals surface area contributed by atoms with Crippen molar-refractivity contribution in [2.45, 2.75) is 56.7 Å². The van der Waals surface area contributed by atoms with E-state index in [0.29, 0.717) is 17.6 Å². The topological polar surface area (TPSA) is 20.2 Å². The van der Waals surface area contributed by atoms with E-state index in [1.54, 1.807) is 6.07 Å². The first-order valence-electron chi connectivity index (χ1n) is 8.87. The Labute approximate surface area is 150 Å². The average molecular weight is 343 g/mol. The van der Waals surface area contributed by atoms with Crippen LogP contribution in [0.5, 0.6) is 5.75 Å². The van der Waals surface area contributed by atoms with Crippen molar-refractivity contribution in [1.82, 2.24) is 0 Å². The van der Waals surface area contributed by atoms with Gasteiger partial charge in [0.15, 0.2) is 0 Å². The monoisotopic (exact) mass is 342 g/mol. The number of hydrogen-bond acceptors (Lipinski definition) is 1. The second-order valence-corrected chi connectivity index (χ2v) is 8.69. The van der Waals surface area contributed by atoms with Gasteiger partial charge < -0.3 is 5.11 Å². The number of halogens is 1. The quantitative estimate of drug-likeness (QED) is 0.675. The summed E-state index contributed by atoms with van der Waals surface area (Å²) in [6.07, 6.45) is 3.19. The van der Waals surface area contributed by atoms with Gasteiger partial charge in [0.25, 0.3) is 0 Å². The molecule has 128 valence electrons. The molecule has 0 bridgehead atoms. The van der Waals surface area contributed by atoms with Gasteiger partial charge in [0, 0.05) is 11.3 Å². The fourth-order valence-electron chi connectivity index (χ4n) is 3.93. The van der Waals surface area contributed by atoms with Crippen molar-refractivity contribution in [3.05, 3.63) is 65.2 Å². The van der Waals surface area contributed by atoms with E-state index in [9.17, 15) is 5.11 Å². The molecule has 3 rings (SSSR count). The van der Waals surface area contributed by atoms with Crippen LogP contribution < -0.4 is 0 Å². The van der Waals surface area contributed by atoms with Gasteiger partial charge in [-0.05, 0) is 59.4 Å². The predicted octanol–water partition coefficient (Wildman–Crippen LogP) is 6.03. The summed E-state index contributed by atoms with van der Waals surface area (Å²) in [5.41, 5.74) is 4.09. The van der Waals surface area contributed by atoms with Crippen molar-refractivity contribution < 1.29 is 5.11 Å². The van der Waals surface area contributed by atoms with E-state index in [1.165, 1.54) is 16.7 Å². The fourth-order valence-corrected chi connectivity index (χ4v) is 4.41. The lowest BCUT2D eigenvalue weighted by Gasteiger charge is -2.24. The van der Waals surface area contributed by atoms with Crippen LogP contribution in [0.1, 0.15) is 56.2 Å². The maximum absolute atomic E-state index is 9.70. The SMILES string of the molecule is CC(C)(C)c1ccc(C2C(Cl)CCC2Cc2cccc(O)c2)cc1. The molecule has 24 heavy (non-hydrogen) atoms. The molecular weight excluding hydrogens is 316 g/mol. The number of aromatic hydroxyl groups is 1. The Kier molecular flexibility index (Phi) is 4.92. The number of phenolic OH excluding ortho intramolecular Hbond substituents is 1. The van der Waals surface area contributed by atoms with Crippen molar-refractivity contribution in [1.29, 1.82) is 0 Å². The summed E-state index contributed by atoms with van der Waals surface area (Å²) in [6.45, 7) is 6.73. The summed E-state index contributed by atoms with van der Waals surface area (Å²) in [5.74, 6) is 1.27. The van der Waals surface area contributed by atoms with Crippen molar-refractivity contribution in [3.63, 3.8) is 0 Å². The van der Waals surface area contributed by atoms with Gasteiger partial charge in [0.2, 0.25) is 0 Å². The molecular formula is C22H27ClO. The van der Waals surface area contributed by atoms with E-state index < -0.39 is 0 Å². The lowest BCUT2D eigenvalue weighted by Crippen LogP contribution is -2.16. The van der Waals surface area contributed by atoms with E-state index in [0.717, 1.165) is 19.3 Å². The highest BCUT2D eigenvalue weighted by atomic mass is 35.5. The van der Waals surface area contributed by atoms with Crippen LogP contribution in [-0.4, -0.2) is 10.5 Å². The van der Waals surface area contributed by atoms with E-state index in [-0.39, 0.29) is 10.8 Å². The van der Waals surface area contributed by atoms with Gasteiger partial charge in [-0.1, -0.05) is 57.2 Å². The van der Waals surface area contributed by atoms with Gasteiger partial charge in [0.05, 0.1) is 0 Å². The van der Waals surface area contributed by atoms with Gasteiger partial charge in [-0.3, -0.25) is 0 Å². The van der Waals surface area contributed by atoms with E-state index in [1.807, 2.05) is 12.1 Å². The molecule has 1 nitrogen and oxygen atoms in total. The van der Waals surface area contributed by atoms with Crippen molar-refractivity contribution in [2.75, 3.05) is 0 Å². The van der Waals surface area contributed by atoms with Crippen LogP contribution in [0.2, 0.25) is 0 Å². The molecule has 0 radical (unpaired) electrons. The first kappa shape index (κ1) is 17.4. The third-order valence-electron chi connectivity index (χ3n) is 5.28. The maximum Gasteiger partial charge on any atom is 0.115 e. The van der Waals surface area contributed by atoms with Crippen molar-refractivity contribution >= 4 is 11.6 Å². The lowest BCUT2D eigenvalue weighted by atomic mass is 9.82. The molecule has 1 N–H and O–H groups in total. The Hall–Kier alpha value is -1.47. The van der Waals surface area contributed by atoms with Crippen LogP contribution in [0.3, 0.4) is 0 Å². The average Bonchev–Trinajstić information content (AvgIpc) is 2.87. The molecule has 0 spiro atoms. The van der Waals surface area contributed by atoms with Crippen LogP contribution in [0.15, 0.2) is 48.5 Å². The minimum absolute atomic E-state index is 0.176. The third-order valence-corrected chi connectivity index (χ3v) is 5.77. The normalized spacial score (nSPS) is 24.2. The highest BCUT2D eigenvalue weighted by Crippen LogP contribution is 2.44. The van der Waals surface area contributed by atoms with Crippen LogP contribution in [-0.2, 0) is 11.8 Å². The van der Waals surface area contributed by atoms with Crippen LogP contribution in [0.4, 0.5) is 0 Å². The molecule has 1 aliphatic rings. The highest BCUT2D eigenvalue weighted by Gasteiger charge is 2.36. The molecule has 1 saturated carbocycles. The number of phenols is 1. The highest BCUT2D eigenvalue weighted by molar-refractivity contribution is 6.21. The molecule has 1 aliphatic carbocycles. The minimum Gasteiger partial charge on any atom is -0.508 e. The van der Waals surface area contributed by atoms with Gasteiger partial charge in [-0.2, -0.15) is 0 Å². The largest absolute Gasteiger partial charge is 0.508 e. The Bertz CT molecular complexity index is 684. The third kappa shape index (κ3) is 3.78. The molecule has 3 unspecified atom stereocenters. The molecule has 0 amide bonds. The number of alkyl halides is 1. The maximum atomic E-state index is 9.70. The van der Waals surface area contributed by atoms with Crippen molar-refractivity contribution in [2.24, 2.45) is 5.92 Å². The molecule has 2 heteroatoms. The predicted molar refractivity (Wildman–Crippen MR) is 102 cm³/mol. The molecule has 0 aromatic heterocycles. The Morgan fingerprint density at radius 1 is 1.04 bits per heavy atom. The molecule has 1 fully saturated rings. The van der Waals surface area contributed by atoms with Crippen LogP contribution >= 0.6 is 11.6 Å². The first-order chi connectivity index (χ1) is 11.3. The van der Waals surface area contributed by atoms with E-state index >= 15 is 0 Å². The number of hydrogen-bond donors (Lipinski definition) is 1. The Morgan fingerprint density at radius 2 is 1.75 bits per heavy atom. The van der Waals surface area contributed by atoms with Gasteiger partial charge in [-0.25, -0.2) is 0 Å². The number of rotatable bonds is 3. The summed E-state index contributed by atoms with van der Waals surface area (Å²) in [7, 11) is 0. The smallest absolute Gasteiger partial charge is 0.115 e. The van der Waals surface area contributed by atoms with E-state index in [4.69, 9.17) is 11.6 Å². The zero-order chi connectivity index (χ0) is 17.3. The molecule has 0 heterocycles. The Balaban J connectivity index is 1.81. The van der Waals surface area contributed by atoms with Gasteiger partial charge in [-0.15, -0.1) is 11.6 Å². The molecule has 0 aliphatic heterocycles. The fraction of sp³-hybridized carbons (Fsp3) is 0.455. The van der Waals surface area contributed by atoms with E-state index in [2.05, 4.69) is 51.1 Å². The standard InChI is InChI=1S/C22H27ClO/c1-22(2,3)18-10-7-16(8-11-18)21-17(9-12-20(21)23)13-15-5-4-6-19(24)14-15/h4-8,10-11,14,17,20-21,24H,9,12-13H2,1-3H3. The van der Waals surface area contributed by atoms with Crippen LogP contribution in [0, 0.1) is 5.92 Å². The molecule has 0 saturated heterocycles. The second-order valence-electron chi connectivity index (χ2n) is 8.13. The summed E-state index contributed by atoms with van der Waals surface area (Å²) >= 11 is 6.69. The molecule has 2 aromatic rings. The molecule has 3 atom stereocenters. The lowest BCUT2D eigenvalue weighted by molar-refractivity contribution is 0.466. The first-order valence-corrected chi connectivity index (χ1v) is 9.30.